The quantitative estimate of drug-likeness (QED) is 0.0641. The zero-order chi connectivity index (χ0) is 28.8. The second-order valence-electron chi connectivity index (χ2n) is 13.5. The Hall–Kier alpha value is -0.880. The molecule has 3 unspecified atom stereocenters. The molecule has 0 bridgehead atoms. The van der Waals surface area contributed by atoms with Crippen molar-refractivity contribution in [1.82, 2.24) is 5.32 Å². The van der Waals surface area contributed by atoms with Gasteiger partial charge in [0.05, 0.1) is 39.2 Å². The lowest BCUT2D eigenvalue weighted by molar-refractivity contribution is -0.870. The van der Waals surface area contributed by atoms with E-state index in [0.29, 0.717) is 6.54 Å². The second kappa shape index (κ2) is 16.9. The number of hydrogen-bond acceptors (Lipinski definition) is 3. The predicted octanol–water partition coefficient (Wildman–Crippen LogP) is 7.91. The summed E-state index contributed by atoms with van der Waals surface area (Å²) in [4.78, 5) is 0. The molecule has 0 aromatic heterocycles. The van der Waals surface area contributed by atoms with Gasteiger partial charge in [-0.25, -0.2) is 0 Å². The third kappa shape index (κ3) is 13.7. The largest absolute Gasteiger partial charge is 0.389 e. The Kier molecular flexibility index (Phi) is 16.5. The number of hydrogen-bond donors (Lipinski definition) is 2. The Balaban J connectivity index is 4.94. The van der Waals surface area contributed by atoms with Crippen LogP contribution in [0.3, 0.4) is 0 Å². The highest BCUT2D eigenvalue weighted by atomic mass is 31.1. The molecule has 0 radical (unpaired) electrons. The number of unbranched alkanes of at least 4 members (excludes halogenated alkanes) is 1. The number of rotatable bonds is 22. The molecule has 0 rings (SSSR count). The molecule has 0 aliphatic heterocycles. The Labute approximate surface area is 233 Å². The first-order valence-corrected chi connectivity index (χ1v) is 16.7. The van der Waals surface area contributed by atoms with E-state index >= 15 is 0 Å². The topological polar surface area (TPSA) is 61.8 Å². The van der Waals surface area contributed by atoms with Crippen LogP contribution in [0.4, 0.5) is 0 Å². The first kappa shape index (κ1) is 36.1. The van der Waals surface area contributed by atoms with Crippen LogP contribution >= 0.6 is 7.92 Å². The Morgan fingerprint density at radius 1 is 0.973 bits per heavy atom. The van der Waals surface area contributed by atoms with Crippen LogP contribution in [0.15, 0.2) is 24.4 Å². The number of nitriles is 1. The van der Waals surface area contributed by atoms with E-state index in [1.165, 1.54) is 49.9 Å². The van der Waals surface area contributed by atoms with Gasteiger partial charge < -0.3 is 15.5 Å². The molecule has 0 aromatic carbocycles. The lowest BCUT2D eigenvalue weighted by Crippen LogP contribution is -2.39. The van der Waals surface area contributed by atoms with Crippen molar-refractivity contribution in [3.63, 3.8) is 0 Å². The molecule has 37 heavy (non-hydrogen) atoms. The summed E-state index contributed by atoms with van der Waals surface area (Å²) >= 11 is 0. The van der Waals surface area contributed by atoms with Crippen molar-refractivity contribution < 1.29 is 4.48 Å². The van der Waals surface area contributed by atoms with Gasteiger partial charge in [-0.3, -0.25) is 0 Å². The van der Waals surface area contributed by atoms with E-state index < -0.39 is 5.41 Å². The average Bonchev–Trinajstić information content (AvgIpc) is 2.82. The van der Waals surface area contributed by atoms with Crippen LogP contribution < -0.4 is 11.1 Å². The number of quaternary nitrogens is 1. The molecule has 3 N–H and O–H groups in total. The maximum absolute atomic E-state index is 10.3. The SMILES string of the molecule is C=C(CCC(C)(C#N)C(C)(C)CC(C)(CC)C(=C)CCCCP(CC)CCC[N+](C)(C)C)NCCCN. The van der Waals surface area contributed by atoms with Gasteiger partial charge in [-0.05, 0) is 94.2 Å². The average molecular weight is 536 g/mol. The smallest absolute Gasteiger partial charge is 0.0783 e. The van der Waals surface area contributed by atoms with Gasteiger partial charge in [0.2, 0.25) is 0 Å². The fourth-order valence-electron chi connectivity index (χ4n) is 5.24. The molecule has 0 fully saturated rings. The molecule has 4 nitrogen and oxygen atoms in total. The Bertz CT molecular complexity index is 717. The maximum atomic E-state index is 10.3. The number of nitrogens with zero attached hydrogens (tertiary/aromatic N) is 2. The zero-order valence-corrected chi connectivity index (χ0v) is 27.3. The molecule has 0 aromatic rings. The highest BCUT2D eigenvalue weighted by molar-refractivity contribution is 7.57. The standard InChI is InChI=1S/C32H64N4P/c1-12-31(7,28(3)18-14-15-24-37(13-2)25-17-23-36(9,10)11)26-30(5,6)32(8,27-34)20-19-29(4)35-22-16-21-33/h35H,3-4,12-26,33H2,1-2,5-11H3/q+1. The van der Waals surface area contributed by atoms with E-state index in [9.17, 15) is 5.26 Å². The van der Waals surface area contributed by atoms with Crippen molar-refractivity contribution in [1.29, 1.82) is 5.26 Å². The summed E-state index contributed by atoms with van der Waals surface area (Å²) in [7, 11) is 7.06. The number of nitrogens with two attached hydrogens (primary N) is 1. The highest BCUT2D eigenvalue weighted by Gasteiger charge is 2.45. The molecular formula is C32H64N4P+. The van der Waals surface area contributed by atoms with Crippen molar-refractivity contribution in [2.45, 2.75) is 99.3 Å². The monoisotopic (exact) mass is 535 g/mol. The minimum Gasteiger partial charge on any atom is -0.389 e. The molecule has 0 saturated heterocycles. The van der Waals surface area contributed by atoms with E-state index in [-0.39, 0.29) is 18.8 Å². The molecule has 0 heterocycles. The van der Waals surface area contributed by atoms with Crippen LogP contribution in [0, 0.1) is 27.6 Å². The first-order valence-electron chi connectivity index (χ1n) is 14.8. The molecule has 3 atom stereocenters. The molecular weight excluding hydrogens is 471 g/mol. The lowest BCUT2D eigenvalue weighted by Gasteiger charge is -2.46. The van der Waals surface area contributed by atoms with Crippen molar-refractivity contribution in [3.8, 4) is 6.07 Å². The van der Waals surface area contributed by atoms with Gasteiger partial charge in [-0.15, -0.1) is 7.92 Å². The summed E-state index contributed by atoms with van der Waals surface area (Å²) in [6, 6.07) is 2.71. The molecule has 0 amide bonds. The summed E-state index contributed by atoms with van der Waals surface area (Å²) in [6.45, 7) is 25.4. The van der Waals surface area contributed by atoms with E-state index in [4.69, 9.17) is 5.73 Å². The normalized spacial score (nSPS) is 16.4. The minimum atomic E-state index is -0.426. The lowest BCUT2D eigenvalue weighted by atomic mass is 9.57. The molecule has 0 aliphatic rings. The third-order valence-electron chi connectivity index (χ3n) is 8.84. The van der Waals surface area contributed by atoms with Crippen LogP contribution in [-0.2, 0) is 0 Å². The van der Waals surface area contributed by atoms with Crippen LogP contribution in [-0.4, -0.2) is 63.7 Å². The second-order valence-corrected chi connectivity index (χ2v) is 16.3. The van der Waals surface area contributed by atoms with Crippen molar-refractivity contribution in [2.24, 2.45) is 22.0 Å². The highest BCUT2D eigenvalue weighted by Crippen LogP contribution is 2.52. The molecule has 0 spiro atoms. The van der Waals surface area contributed by atoms with E-state index in [0.717, 1.165) is 55.2 Å². The summed E-state index contributed by atoms with van der Waals surface area (Å²) in [6.07, 6.45) is 13.8. The predicted molar refractivity (Wildman–Crippen MR) is 168 cm³/mol. The summed E-state index contributed by atoms with van der Waals surface area (Å²) in [5.74, 6) is 0. The van der Waals surface area contributed by atoms with Gasteiger partial charge in [0.15, 0.2) is 0 Å². The number of allylic oxidation sites excluding steroid dienone is 2. The summed E-state index contributed by atoms with van der Waals surface area (Å²) < 4.78 is 1.07. The molecule has 0 saturated carbocycles. The summed E-state index contributed by atoms with van der Waals surface area (Å²) in [5.41, 5.74) is 7.49. The minimum absolute atomic E-state index is 0.0537. The van der Waals surface area contributed by atoms with Crippen LogP contribution in [0.2, 0.25) is 0 Å². The Morgan fingerprint density at radius 3 is 2.11 bits per heavy atom. The van der Waals surface area contributed by atoms with Crippen LogP contribution in [0.1, 0.15) is 99.3 Å². The van der Waals surface area contributed by atoms with Gasteiger partial charge >= 0.3 is 0 Å². The van der Waals surface area contributed by atoms with E-state index in [1.807, 2.05) is 0 Å². The van der Waals surface area contributed by atoms with Gasteiger partial charge in [0.25, 0.3) is 0 Å². The number of nitrogens with one attached hydrogen (secondary N) is 1. The molecule has 216 valence electrons. The zero-order valence-electron chi connectivity index (χ0n) is 26.4. The maximum Gasteiger partial charge on any atom is 0.0783 e. The van der Waals surface area contributed by atoms with Crippen LogP contribution in [0.5, 0.6) is 0 Å². The molecule has 5 heteroatoms. The fourth-order valence-corrected chi connectivity index (χ4v) is 7.36. The molecule has 0 aliphatic carbocycles. The van der Waals surface area contributed by atoms with Gasteiger partial charge in [0.1, 0.15) is 0 Å². The van der Waals surface area contributed by atoms with Crippen molar-refractivity contribution >= 4 is 7.92 Å². The van der Waals surface area contributed by atoms with Gasteiger partial charge in [-0.1, -0.05) is 53.3 Å². The first-order chi connectivity index (χ1) is 17.1. The third-order valence-corrected chi connectivity index (χ3v) is 11.6. The van der Waals surface area contributed by atoms with E-state index in [2.05, 4.69) is 87.2 Å². The van der Waals surface area contributed by atoms with E-state index in [1.54, 1.807) is 0 Å². The van der Waals surface area contributed by atoms with Crippen molar-refractivity contribution in [2.75, 3.05) is 59.3 Å². The fraction of sp³-hybridized carbons (Fsp3) is 0.844. The Morgan fingerprint density at radius 2 is 1.59 bits per heavy atom. The van der Waals surface area contributed by atoms with Gasteiger partial charge in [0, 0.05) is 18.7 Å². The van der Waals surface area contributed by atoms with Crippen molar-refractivity contribution in [3.05, 3.63) is 24.4 Å². The van der Waals surface area contributed by atoms with Crippen LogP contribution in [0.25, 0.3) is 0 Å². The van der Waals surface area contributed by atoms with Gasteiger partial charge in [-0.2, -0.15) is 5.26 Å². The summed E-state index contributed by atoms with van der Waals surface area (Å²) in [5, 5.41) is 13.6.